The lowest BCUT2D eigenvalue weighted by Crippen LogP contribution is -2.77. The molecule has 9 nitrogen and oxygen atoms in total. The number of rotatable bonds is 1. The van der Waals surface area contributed by atoms with Crippen molar-refractivity contribution < 1.29 is 44.6 Å². The number of aliphatic hydroxyl groups is 5. The van der Waals surface area contributed by atoms with Crippen LogP contribution in [0.4, 0.5) is 0 Å². The van der Waals surface area contributed by atoms with Crippen molar-refractivity contribution in [2.45, 2.75) is 68.2 Å². The first-order valence-electron chi connectivity index (χ1n) is 10.00. The van der Waals surface area contributed by atoms with E-state index >= 15 is 0 Å². The van der Waals surface area contributed by atoms with Crippen molar-refractivity contribution in [3.05, 3.63) is 11.3 Å². The predicted octanol–water partition coefficient (Wildman–Crippen LogP) is -1.04. The van der Waals surface area contributed by atoms with Crippen molar-refractivity contribution in [1.82, 2.24) is 0 Å². The molecule has 0 aromatic heterocycles. The van der Waals surface area contributed by atoms with E-state index in [1.807, 2.05) is 0 Å². The average molecular weight is 410 g/mol. The molecule has 29 heavy (non-hydrogen) atoms. The van der Waals surface area contributed by atoms with Gasteiger partial charge in [0.25, 0.3) is 0 Å². The lowest BCUT2D eigenvalue weighted by atomic mass is 9.55. The normalized spacial score (nSPS) is 60.7. The molecule has 0 aromatic carbocycles. The Labute approximate surface area is 166 Å². The van der Waals surface area contributed by atoms with Crippen molar-refractivity contribution in [3.63, 3.8) is 0 Å². The molecular weight excluding hydrogens is 384 g/mol. The summed E-state index contributed by atoms with van der Waals surface area (Å²) in [7, 11) is 0. The highest BCUT2D eigenvalue weighted by molar-refractivity contribution is 6.01. The van der Waals surface area contributed by atoms with Gasteiger partial charge in [0, 0.05) is 18.4 Å². The van der Waals surface area contributed by atoms with Gasteiger partial charge in [-0.3, -0.25) is 4.79 Å². The van der Waals surface area contributed by atoms with E-state index in [0.29, 0.717) is 0 Å². The van der Waals surface area contributed by atoms with E-state index in [-0.39, 0.29) is 30.8 Å². The Balaban J connectivity index is 1.87. The molecule has 3 saturated heterocycles. The summed E-state index contributed by atoms with van der Waals surface area (Å²) < 4.78 is 12.1. The Morgan fingerprint density at radius 1 is 1.17 bits per heavy atom. The van der Waals surface area contributed by atoms with Crippen LogP contribution in [0.25, 0.3) is 0 Å². The molecule has 6 aliphatic rings. The third-order valence-electron chi connectivity index (χ3n) is 8.29. The summed E-state index contributed by atoms with van der Waals surface area (Å²) in [6.45, 7) is 4.10. The Hall–Kier alpha value is -1.52. The topological polar surface area (TPSA) is 154 Å². The van der Waals surface area contributed by atoms with Gasteiger partial charge in [0.05, 0.1) is 29.6 Å². The molecule has 0 aromatic rings. The van der Waals surface area contributed by atoms with Crippen LogP contribution in [-0.2, 0) is 19.1 Å². The number of ether oxygens (including phenoxy) is 2. The molecule has 2 spiro atoms. The van der Waals surface area contributed by atoms with Gasteiger partial charge in [-0.1, -0.05) is 6.92 Å². The summed E-state index contributed by atoms with van der Waals surface area (Å²) in [5, 5.41) is 54.1. The summed E-state index contributed by atoms with van der Waals surface area (Å²) in [5.74, 6) is -5.74. The molecule has 0 unspecified atom stereocenters. The van der Waals surface area contributed by atoms with Crippen molar-refractivity contribution >= 4 is 11.8 Å². The first kappa shape index (κ1) is 19.4. The van der Waals surface area contributed by atoms with Crippen LogP contribution >= 0.6 is 0 Å². The van der Waals surface area contributed by atoms with E-state index in [4.69, 9.17) is 9.47 Å². The van der Waals surface area contributed by atoms with Crippen LogP contribution in [0, 0.1) is 23.7 Å². The number of carbonyl (C=O) groups is 2. The van der Waals surface area contributed by atoms with Crippen LogP contribution in [0.2, 0.25) is 0 Å². The molecule has 160 valence electrons. The van der Waals surface area contributed by atoms with Crippen LogP contribution in [0.5, 0.6) is 0 Å². The van der Waals surface area contributed by atoms with E-state index < -0.39 is 70.0 Å². The molecule has 9 heteroatoms. The lowest BCUT2D eigenvalue weighted by Gasteiger charge is -2.63. The lowest BCUT2D eigenvalue weighted by molar-refractivity contribution is -0.348. The number of carbonyl (C=O) groups excluding carboxylic acids is 2. The van der Waals surface area contributed by atoms with E-state index in [1.165, 1.54) is 6.92 Å². The second kappa shape index (κ2) is 5.20. The van der Waals surface area contributed by atoms with Gasteiger partial charge in [0.1, 0.15) is 16.9 Å². The van der Waals surface area contributed by atoms with Crippen LogP contribution in [0.3, 0.4) is 0 Å². The van der Waals surface area contributed by atoms with E-state index in [9.17, 15) is 35.1 Å². The number of esters is 1. The summed E-state index contributed by atoms with van der Waals surface area (Å²) in [6, 6.07) is 0. The quantitative estimate of drug-likeness (QED) is 0.341. The van der Waals surface area contributed by atoms with Crippen LogP contribution in [0.15, 0.2) is 11.3 Å². The molecule has 5 N–H and O–H groups in total. The highest BCUT2D eigenvalue weighted by Crippen LogP contribution is 2.73. The molecular formula is C20H26O9. The fourth-order valence-electron chi connectivity index (χ4n) is 7.00. The van der Waals surface area contributed by atoms with Crippen LogP contribution in [0.1, 0.15) is 33.6 Å². The zero-order valence-electron chi connectivity index (χ0n) is 16.5. The number of Topliss-reactive ketones (excluding diaryl/α,β-unsaturated/α-hetero) is 1. The maximum absolute atomic E-state index is 13.5. The van der Waals surface area contributed by atoms with Gasteiger partial charge in [-0.05, 0) is 26.7 Å². The van der Waals surface area contributed by atoms with Crippen LogP contribution in [-0.4, -0.2) is 78.5 Å². The molecule has 3 aliphatic carbocycles. The minimum atomic E-state index is -1.89. The molecule has 0 amide bonds. The predicted molar refractivity (Wildman–Crippen MR) is 94.3 cm³/mol. The molecule has 0 radical (unpaired) electrons. The number of allylic oxidation sites excluding steroid dienone is 1. The first-order chi connectivity index (χ1) is 13.4. The Kier molecular flexibility index (Phi) is 3.49. The molecule has 2 saturated carbocycles. The highest BCUT2D eigenvalue weighted by atomic mass is 16.6. The first-order valence-corrected chi connectivity index (χ1v) is 10.00. The summed E-state index contributed by atoms with van der Waals surface area (Å²) in [4.78, 5) is 26.5. The number of aliphatic hydroxyl groups excluding tert-OH is 4. The minimum Gasteiger partial charge on any atom is -0.511 e. The van der Waals surface area contributed by atoms with Crippen molar-refractivity contribution in [1.29, 1.82) is 0 Å². The van der Waals surface area contributed by atoms with Gasteiger partial charge >= 0.3 is 5.97 Å². The van der Waals surface area contributed by atoms with Crippen molar-refractivity contribution in [2.75, 3.05) is 6.61 Å². The maximum Gasteiger partial charge on any atom is 0.341 e. The fourth-order valence-corrected chi connectivity index (χ4v) is 7.00. The maximum atomic E-state index is 13.5. The summed E-state index contributed by atoms with van der Waals surface area (Å²) in [6.07, 6.45) is -2.88. The Bertz CT molecular complexity index is 864. The van der Waals surface area contributed by atoms with Gasteiger partial charge in [0.2, 0.25) is 0 Å². The molecule has 4 bridgehead atoms. The number of hydrogen-bond donors (Lipinski definition) is 5. The van der Waals surface area contributed by atoms with E-state index in [2.05, 4.69) is 0 Å². The zero-order valence-corrected chi connectivity index (χ0v) is 16.5. The molecule has 5 fully saturated rings. The SMILES string of the molecule is C[C@H]1C[C@](C)(O)C(=O)[C@@H]2[C@@H](O)[C@H]3[C@H](O)[C@@]4(C)O[C@@]25/C(=C\1O)C(=O)O[C@@]35C[C@H]4CO. The molecule has 10 atom stereocenters. The van der Waals surface area contributed by atoms with E-state index in [0.717, 1.165) is 0 Å². The molecule has 3 heterocycles. The van der Waals surface area contributed by atoms with E-state index in [1.54, 1.807) is 13.8 Å². The van der Waals surface area contributed by atoms with Gasteiger partial charge < -0.3 is 35.0 Å². The minimum absolute atomic E-state index is 0.0572. The Morgan fingerprint density at radius 2 is 1.83 bits per heavy atom. The monoisotopic (exact) mass is 410 g/mol. The van der Waals surface area contributed by atoms with Crippen LogP contribution < -0.4 is 0 Å². The zero-order chi connectivity index (χ0) is 21.3. The number of fused-ring (bicyclic) bond motifs is 1. The third-order valence-corrected chi connectivity index (χ3v) is 8.29. The second-order valence-corrected chi connectivity index (χ2v) is 9.83. The van der Waals surface area contributed by atoms with Gasteiger partial charge in [0.15, 0.2) is 17.0 Å². The van der Waals surface area contributed by atoms with Crippen molar-refractivity contribution in [2.24, 2.45) is 23.7 Å². The summed E-state index contributed by atoms with van der Waals surface area (Å²) >= 11 is 0. The average Bonchev–Trinajstić information content (AvgIpc) is 2.95. The summed E-state index contributed by atoms with van der Waals surface area (Å²) in [5.41, 5.74) is -6.95. The number of hydrogen-bond acceptors (Lipinski definition) is 9. The molecule has 3 aliphatic heterocycles. The number of ketones is 1. The standard InChI is InChI=1S/C20H26O9/c1-7-4-17(2,27)14(24)10-13(23)9-15(25)18(3)8(6-21)5-19(9)20(10,29-18)11(12(7)22)16(26)28-19/h7-10,13,15,21-23,25,27H,4-6H2,1-3H3/b12-11+/t7-,8-,9-,10-,13-,15-,17-,18-,19-,20+/m0/s1. The third kappa shape index (κ3) is 1.78. The highest BCUT2D eigenvalue weighted by Gasteiger charge is 2.90. The Morgan fingerprint density at radius 3 is 2.45 bits per heavy atom. The smallest absolute Gasteiger partial charge is 0.341 e. The second-order valence-electron chi connectivity index (χ2n) is 9.83. The molecule has 6 rings (SSSR count). The fraction of sp³-hybridized carbons (Fsp3) is 0.800. The van der Waals surface area contributed by atoms with Crippen molar-refractivity contribution in [3.8, 4) is 0 Å². The largest absolute Gasteiger partial charge is 0.511 e. The van der Waals surface area contributed by atoms with Gasteiger partial charge in [-0.15, -0.1) is 0 Å². The van der Waals surface area contributed by atoms with Gasteiger partial charge in [-0.25, -0.2) is 4.79 Å². The van der Waals surface area contributed by atoms with Gasteiger partial charge in [-0.2, -0.15) is 0 Å².